The molecule has 3 N–H and O–H groups in total. The molecule has 0 amide bonds. The molecule has 0 radical (unpaired) electrons. The van der Waals surface area contributed by atoms with Crippen LogP contribution >= 0.6 is 0 Å². The van der Waals surface area contributed by atoms with E-state index in [9.17, 15) is 20.1 Å². The summed E-state index contributed by atoms with van der Waals surface area (Å²) in [5, 5.41) is 28.8. The number of aromatic hydroxyl groups is 3. The van der Waals surface area contributed by atoms with Gasteiger partial charge in [0.25, 0.3) is 0 Å². The highest BCUT2D eigenvalue weighted by Crippen LogP contribution is 2.34. The maximum absolute atomic E-state index is 12.0. The van der Waals surface area contributed by atoms with Crippen molar-refractivity contribution in [2.24, 2.45) is 0 Å². The van der Waals surface area contributed by atoms with Gasteiger partial charge >= 0.3 is 5.63 Å². The Bertz CT molecular complexity index is 847. The third kappa shape index (κ3) is 1.85. The highest BCUT2D eigenvalue weighted by Gasteiger charge is 2.12. The van der Waals surface area contributed by atoms with Gasteiger partial charge in [0.2, 0.25) is 5.75 Å². The summed E-state index contributed by atoms with van der Waals surface area (Å²) in [6, 6.07) is 10.5. The Morgan fingerprint density at radius 2 is 1.60 bits per heavy atom. The molecular formula is C15H10O5. The van der Waals surface area contributed by atoms with E-state index in [4.69, 9.17) is 4.42 Å². The molecule has 5 nitrogen and oxygen atoms in total. The van der Waals surface area contributed by atoms with Crippen molar-refractivity contribution in [3.05, 3.63) is 52.9 Å². The monoisotopic (exact) mass is 270 g/mol. The van der Waals surface area contributed by atoms with Gasteiger partial charge in [0, 0.05) is 5.39 Å². The molecule has 1 heterocycles. The third-order valence-electron chi connectivity index (χ3n) is 3.03. The molecule has 0 fully saturated rings. The minimum atomic E-state index is -0.635. The first-order valence-electron chi connectivity index (χ1n) is 5.84. The SMILES string of the molecule is O=c1oc2c(O)c(O)ccc2cc1-c1ccc(O)cc1. The Balaban J connectivity index is 2.28. The summed E-state index contributed by atoms with van der Waals surface area (Å²) in [4.78, 5) is 12.0. The second-order valence-corrected chi connectivity index (χ2v) is 4.35. The second kappa shape index (κ2) is 4.31. The lowest BCUT2D eigenvalue weighted by atomic mass is 10.1. The van der Waals surface area contributed by atoms with Crippen LogP contribution in [0.4, 0.5) is 0 Å². The molecule has 100 valence electrons. The Hall–Kier alpha value is -2.95. The van der Waals surface area contributed by atoms with Crippen LogP contribution in [-0.2, 0) is 0 Å². The van der Waals surface area contributed by atoms with Gasteiger partial charge in [-0.15, -0.1) is 0 Å². The Labute approximate surface area is 113 Å². The number of benzene rings is 2. The maximum atomic E-state index is 12.0. The van der Waals surface area contributed by atoms with Crippen LogP contribution in [0.3, 0.4) is 0 Å². The van der Waals surface area contributed by atoms with E-state index < -0.39 is 11.4 Å². The van der Waals surface area contributed by atoms with Gasteiger partial charge in [-0.05, 0) is 35.9 Å². The summed E-state index contributed by atoms with van der Waals surface area (Å²) in [6.07, 6.45) is 0. The fraction of sp³-hybridized carbons (Fsp3) is 0. The summed E-state index contributed by atoms with van der Waals surface area (Å²) >= 11 is 0. The predicted molar refractivity (Wildman–Crippen MR) is 72.9 cm³/mol. The molecule has 20 heavy (non-hydrogen) atoms. The van der Waals surface area contributed by atoms with Crippen LogP contribution in [0.2, 0.25) is 0 Å². The van der Waals surface area contributed by atoms with Gasteiger partial charge in [0.05, 0.1) is 5.56 Å². The molecule has 3 aromatic rings. The van der Waals surface area contributed by atoms with Crippen molar-refractivity contribution in [1.82, 2.24) is 0 Å². The van der Waals surface area contributed by atoms with Crippen molar-refractivity contribution in [3.8, 4) is 28.4 Å². The summed E-state index contributed by atoms with van der Waals surface area (Å²) < 4.78 is 5.06. The van der Waals surface area contributed by atoms with Crippen LogP contribution in [0.1, 0.15) is 0 Å². The number of phenolic OH excluding ortho intramolecular Hbond substituents is 3. The van der Waals surface area contributed by atoms with Crippen molar-refractivity contribution in [1.29, 1.82) is 0 Å². The zero-order valence-corrected chi connectivity index (χ0v) is 10.2. The molecule has 0 bridgehead atoms. The lowest BCUT2D eigenvalue weighted by Gasteiger charge is -2.05. The number of hydrogen-bond acceptors (Lipinski definition) is 5. The van der Waals surface area contributed by atoms with Crippen molar-refractivity contribution in [3.63, 3.8) is 0 Å². The number of phenols is 3. The van der Waals surface area contributed by atoms with Gasteiger partial charge in [-0.3, -0.25) is 0 Å². The highest BCUT2D eigenvalue weighted by molar-refractivity contribution is 5.87. The fourth-order valence-electron chi connectivity index (χ4n) is 2.00. The largest absolute Gasteiger partial charge is 0.508 e. The lowest BCUT2D eigenvalue weighted by molar-refractivity contribution is 0.398. The summed E-state index contributed by atoms with van der Waals surface area (Å²) in [5.41, 5.74) is 0.204. The normalized spacial score (nSPS) is 10.8. The highest BCUT2D eigenvalue weighted by atomic mass is 16.4. The molecule has 0 atom stereocenters. The second-order valence-electron chi connectivity index (χ2n) is 4.35. The van der Waals surface area contributed by atoms with Crippen molar-refractivity contribution >= 4 is 11.0 Å². The molecule has 0 saturated carbocycles. The Morgan fingerprint density at radius 1 is 0.900 bits per heavy atom. The van der Waals surface area contributed by atoms with E-state index in [1.807, 2.05) is 0 Å². The lowest BCUT2D eigenvalue weighted by Crippen LogP contribution is -2.02. The minimum Gasteiger partial charge on any atom is -0.508 e. The van der Waals surface area contributed by atoms with Crippen LogP contribution in [0, 0.1) is 0 Å². The molecule has 0 spiro atoms. The van der Waals surface area contributed by atoms with Gasteiger partial charge in [-0.1, -0.05) is 12.1 Å². The molecule has 2 aromatic carbocycles. The van der Waals surface area contributed by atoms with E-state index in [0.29, 0.717) is 16.5 Å². The summed E-state index contributed by atoms with van der Waals surface area (Å²) in [7, 11) is 0. The summed E-state index contributed by atoms with van der Waals surface area (Å²) in [5.74, 6) is -0.712. The van der Waals surface area contributed by atoms with Gasteiger partial charge in [0.1, 0.15) is 5.75 Å². The van der Waals surface area contributed by atoms with E-state index in [1.165, 1.54) is 24.3 Å². The van der Waals surface area contributed by atoms with Crippen LogP contribution in [0.5, 0.6) is 17.2 Å². The first-order valence-corrected chi connectivity index (χ1v) is 5.84. The van der Waals surface area contributed by atoms with Crippen LogP contribution in [0.25, 0.3) is 22.1 Å². The average Bonchev–Trinajstić information content (AvgIpc) is 2.44. The van der Waals surface area contributed by atoms with Crippen molar-refractivity contribution in [2.45, 2.75) is 0 Å². The molecule has 0 saturated heterocycles. The van der Waals surface area contributed by atoms with Crippen LogP contribution < -0.4 is 5.63 Å². The fourth-order valence-corrected chi connectivity index (χ4v) is 2.00. The zero-order valence-electron chi connectivity index (χ0n) is 10.2. The van der Waals surface area contributed by atoms with Gasteiger partial charge in [-0.25, -0.2) is 4.79 Å². The van der Waals surface area contributed by atoms with Gasteiger partial charge < -0.3 is 19.7 Å². The average molecular weight is 270 g/mol. The smallest absolute Gasteiger partial charge is 0.344 e. The molecular weight excluding hydrogens is 260 g/mol. The molecule has 0 aliphatic rings. The molecule has 0 aliphatic carbocycles. The maximum Gasteiger partial charge on any atom is 0.344 e. The zero-order chi connectivity index (χ0) is 14.3. The van der Waals surface area contributed by atoms with Crippen molar-refractivity contribution < 1.29 is 19.7 Å². The predicted octanol–water partition coefficient (Wildman–Crippen LogP) is 2.58. The van der Waals surface area contributed by atoms with E-state index in [-0.39, 0.29) is 17.1 Å². The molecule has 0 unspecified atom stereocenters. The number of fused-ring (bicyclic) bond motifs is 1. The number of rotatable bonds is 1. The van der Waals surface area contributed by atoms with E-state index >= 15 is 0 Å². The summed E-state index contributed by atoms with van der Waals surface area (Å²) in [6.45, 7) is 0. The number of hydrogen-bond donors (Lipinski definition) is 3. The van der Waals surface area contributed by atoms with Crippen LogP contribution in [-0.4, -0.2) is 15.3 Å². The van der Waals surface area contributed by atoms with E-state index in [2.05, 4.69) is 0 Å². The third-order valence-corrected chi connectivity index (χ3v) is 3.03. The van der Waals surface area contributed by atoms with Crippen LogP contribution in [0.15, 0.2) is 51.7 Å². The first kappa shape index (κ1) is 12.1. The van der Waals surface area contributed by atoms with E-state index in [0.717, 1.165) is 0 Å². The minimum absolute atomic E-state index is 0.0578. The van der Waals surface area contributed by atoms with E-state index in [1.54, 1.807) is 18.2 Å². The Morgan fingerprint density at radius 3 is 2.30 bits per heavy atom. The first-order chi connectivity index (χ1) is 9.56. The molecule has 3 rings (SSSR count). The molecule has 1 aromatic heterocycles. The topological polar surface area (TPSA) is 90.9 Å². The van der Waals surface area contributed by atoms with Gasteiger partial charge in [0.15, 0.2) is 11.3 Å². The van der Waals surface area contributed by atoms with Gasteiger partial charge in [-0.2, -0.15) is 0 Å². The standard InChI is InChI=1S/C15H10O5/c16-10-4-1-8(2-5-10)11-7-9-3-6-12(17)13(18)14(9)20-15(11)19/h1-7,16-18H. The quantitative estimate of drug-likeness (QED) is 0.467. The van der Waals surface area contributed by atoms with Crippen molar-refractivity contribution in [2.75, 3.05) is 0 Å². The molecule has 0 aliphatic heterocycles. The molecule has 5 heteroatoms. The Kier molecular flexibility index (Phi) is 2.61.